The smallest absolute Gasteiger partial charge is 0.373 e. The van der Waals surface area contributed by atoms with Crippen molar-refractivity contribution in [3.63, 3.8) is 0 Å². The third kappa shape index (κ3) is 14.0. The van der Waals surface area contributed by atoms with Crippen molar-refractivity contribution in [2.75, 3.05) is 0 Å². The summed E-state index contributed by atoms with van der Waals surface area (Å²) in [5.41, 5.74) is -0.915. The molecule has 0 heterocycles. The third-order valence-corrected chi connectivity index (χ3v) is 6.18. The van der Waals surface area contributed by atoms with E-state index in [0.29, 0.717) is 12.8 Å². The molecule has 0 spiro atoms. The molecule has 0 aliphatic rings. The number of hydrogen-bond acceptors (Lipinski definition) is 6. The lowest BCUT2D eigenvalue weighted by molar-refractivity contribution is 0.314. The summed E-state index contributed by atoms with van der Waals surface area (Å²) in [6.45, 7) is 0. The predicted molar refractivity (Wildman–Crippen MR) is 103 cm³/mol. The highest BCUT2D eigenvalue weighted by Gasteiger charge is 2.23. The second kappa shape index (κ2) is 14.3. The van der Waals surface area contributed by atoms with E-state index in [-0.39, 0.29) is 12.8 Å². The van der Waals surface area contributed by atoms with Gasteiger partial charge in [0.1, 0.15) is 0 Å². The Morgan fingerprint density at radius 3 is 0.926 bits per heavy atom. The monoisotopic (exact) mass is 430 g/mol. The standard InChI is InChI=1S/C15H32N2O8P2/c18-16-14(26(20,21)22)12-10-8-6-4-2-1-3-5-7-9-11-13-15(17-19)27(23,24)25/h18-19H,1-13H2,(H2,20,21,22)(H2,23,24,25). The molecule has 0 atom stereocenters. The molecule has 0 saturated carbocycles. The van der Waals surface area contributed by atoms with Crippen molar-refractivity contribution in [1.82, 2.24) is 0 Å². The highest BCUT2D eigenvalue weighted by Crippen LogP contribution is 2.39. The van der Waals surface area contributed by atoms with Crippen molar-refractivity contribution in [3.05, 3.63) is 0 Å². The second-order valence-electron chi connectivity index (χ2n) is 6.51. The van der Waals surface area contributed by atoms with Gasteiger partial charge >= 0.3 is 15.2 Å². The van der Waals surface area contributed by atoms with Crippen LogP contribution < -0.4 is 0 Å². The summed E-state index contributed by atoms with van der Waals surface area (Å²) in [5.74, 6) is 0. The zero-order valence-electron chi connectivity index (χ0n) is 15.5. The molecule has 6 N–H and O–H groups in total. The van der Waals surface area contributed by atoms with Gasteiger partial charge < -0.3 is 30.0 Å². The summed E-state index contributed by atoms with van der Waals surface area (Å²) in [7, 11) is -8.86. The molecule has 0 aliphatic heterocycles. The maximum absolute atomic E-state index is 10.9. The minimum absolute atomic E-state index is 0.103. The van der Waals surface area contributed by atoms with Crippen LogP contribution in [-0.4, -0.2) is 40.9 Å². The molecular formula is C15H32N2O8P2. The van der Waals surface area contributed by atoms with E-state index in [9.17, 15) is 9.13 Å². The van der Waals surface area contributed by atoms with Crippen LogP contribution in [0.2, 0.25) is 0 Å². The molecule has 0 amide bonds. The average Bonchev–Trinajstić information content (AvgIpc) is 2.56. The summed E-state index contributed by atoms with van der Waals surface area (Å²) in [6, 6.07) is 0. The average molecular weight is 430 g/mol. The van der Waals surface area contributed by atoms with Crippen LogP contribution in [0, 0.1) is 0 Å². The zero-order valence-corrected chi connectivity index (χ0v) is 17.3. The van der Waals surface area contributed by atoms with E-state index in [0.717, 1.165) is 57.8 Å². The first-order valence-electron chi connectivity index (χ1n) is 9.17. The van der Waals surface area contributed by atoms with Crippen molar-refractivity contribution in [2.45, 2.75) is 83.5 Å². The molecule has 0 aliphatic carbocycles. The Morgan fingerprint density at radius 1 is 0.519 bits per heavy atom. The molecule has 0 radical (unpaired) electrons. The fourth-order valence-electron chi connectivity index (χ4n) is 2.67. The summed E-state index contributed by atoms with van der Waals surface area (Å²) >= 11 is 0. The quantitative estimate of drug-likeness (QED) is 0.0699. The number of rotatable bonds is 16. The second-order valence-corrected chi connectivity index (χ2v) is 9.72. The van der Waals surface area contributed by atoms with Gasteiger partial charge in [0, 0.05) is 12.8 Å². The molecule has 0 unspecified atom stereocenters. The van der Waals surface area contributed by atoms with Gasteiger partial charge in [-0.3, -0.25) is 9.13 Å². The molecule has 0 aromatic carbocycles. The van der Waals surface area contributed by atoms with Crippen LogP contribution in [0.4, 0.5) is 0 Å². The van der Waals surface area contributed by atoms with Gasteiger partial charge in [-0.2, -0.15) is 0 Å². The highest BCUT2D eigenvalue weighted by molar-refractivity contribution is 7.70. The van der Waals surface area contributed by atoms with Crippen LogP contribution in [0.3, 0.4) is 0 Å². The number of oxime groups is 2. The minimum Gasteiger partial charge on any atom is -0.410 e. The zero-order chi connectivity index (χ0) is 20.8. The first kappa shape index (κ1) is 26.2. The first-order chi connectivity index (χ1) is 12.6. The molecule has 0 fully saturated rings. The fraction of sp³-hybridized carbons (Fsp3) is 0.867. The van der Waals surface area contributed by atoms with Gasteiger partial charge in [-0.05, 0) is 12.8 Å². The molecule has 0 aromatic rings. The lowest BCUT2D eigenvalue weighted by atomic mass is 10.0. The van der Waals surface area contributed by atoms with E-state index in [4.69, 9.17) is 30.0 Å². The molecule has 10 nitrogen and oxygen atoms in total. The van der Waals surface area contributed by atoms with Crippen molar-refractivity contribution in [1.29, 1.82) is 0 Å². The van der Waals surface area contributed by atoms with Crippen molar-refractivity contribution >= 4 is 26.1 Å². The van der Waals surface area contributed by atoms with E-state index in [1.54, 1.807) is 0 Å². The number of nitrogens with zero attached hydrogens (tertiary/aromatic N) is 2. The molecule has 12 heteroatoms. The predicted octanol–water partition coefficient (Wildman–Crippen LogP) is 3.99. The van der Waals surface area contributed by atoms with Crippen LogP contribution in [0.25, 0.3) is 0 Å². The molecule has 0 rings (SSSR count). The minimum atomic E-state index is -4.43. The molecule has 0 saturated heterocycles. The summed E-state index contributed by atoms with van der Waals surface area (Å²) in [5, 5.41) is 22.5. The lowest BCUT2D eigenvalue weighted by Crippen LogP contribution is -1.99. The van der Waals surface area contributed by atoms with Gasteiger partial charge in [-0.25, -0.2) is 0 Å². The Balaban J connectivity index is 3.49. The Labute approximate surface area is 159 Å². The highest BCUT2D eigenvalue weighted by atomic mass is 31.2. The number of unbranched alkanes of at least 4 members (excludes halogenated alkanes) is 10. The fourth-order valence-corrected chi connectivity index (χ4v) is 3.80. The Kier molecular flexibility index (Phi) is 13.9. The van der Waals surface area contributed by atoms with Crippen molar-refractivity contribution in [3.8, 4) is 0 Å². The van der Waals surface area contributed by atoms with E-state index < -0.39 is 26.1 Å². The maximum atomic E-state index is 10.9. The maximum Gasteiger partial charge on any atom is 0.373 e. The van der Waals surface area contributed by atoms with Crippen LogP contribution in [-0.2, 0) is 9.13 Å². The first-order valence-corrected chi connectivity index (χ1v) is 12.4. The van der Waals surface area contributed by atoms with E-state index in [2.05, 4.69) is 10.3 Å². The van der Waals surface area contributed by atoms with Gasteiger partial charge in [0.25, 0.3) is 0 Å². The van der Waals surface area contributed by atoms with Gasteiger partial charge in [-0.1, -0.05) is 68.1 Å². The van der Waals surface area contributed by atoms with E-state index in [1.807, 2.05) is 0 Å². The summed E-state index contributed by atoms with van der Waals surface area (Å²) in [4.78, 5) is 35.6. The van der Waals surface area contributed by atoms with Crippen LogP contribution >= 0.6 is 15.2 Å². The Morgan fingerprint density at radius 2 is 0.741 bits per heavy atom. The van der Waals surface area contributed by atoms with Gasteiger partial charge in [0.15, 0.2) is 10.9 Å². The van der Waals surface area contributed by atoms with E-state index >= 15 is 0 Å². The summed E-state index contributed by atoms with van der Waals surface area (Å²) < 4.78 is 21.9. The molecule has 0 aromatic heterocycles. The topological polar surface area (TPSA) is 180 Å². The molecule has 160 valence electrons. The lowest BCUT2D eigenvalue weighted by Gasteiger charge is -2.06. The largest absolute Gasteiger partial charge is 0.410 e. The van der Waals surface area contributed by atoms with Crippen LogP contribution in [0.1, 0.15) is 83.5 Å². The summed E-state index contributed by atoms with van der Waals surface area (Å²) in [6.07, 6.45) is 10.3. The van der Waals surface area contributed by atoms with Crippen molar-refractivity contribution < 1.29 is 39.1 Å². The molecular weight excluding hydrogens is 398 g/mol. The molecule has 27 heavy (non-hydrogen) atoms. The SMILES string of the molecule is O=P(O)(O)C(CCCCCCCCCCCCCC(=NO)P(=O)(O)O)=NO. The van der Waals surface area contributed by atoms with Gasteiger partial charge in [0.2, 0.25) is 0 Å². The Hall–Kier alpha value is -0.760. The van der Waals surface area contributed by atoms with Gasteiger partial charge in [-0.15, -0.1) is 0 Å². The van der Waals surface area contributed by atoms with Crippen molar-refractivity contribution in [2.24, 2.45) is 10.3 Å². The normalized spacial score (nSPS) is 13.9. The van der Waals surface area contributed by atoms with E-state index in [1.165, 1.54) is 0 Å². The Bertz CT molecular complexity index is 508. The third-order valence-electron chi connectivity index (χ3n) is 4.20. The van der Waals surface area contributed by atoms with Crippen LogP contribution in [0.15, 0.2) is 10.3 Å². The number of hydrogen-bond donors (Lipinski definition) is 6. The van der Waals surface area contributed by atoms with Gasteiger partial charge in [0.05, 0.1) is 0 Å². The molecule has 0 bridgehead atoms. The van der Waals surface area contributed by atoms with Crippen LogP contribution in [0.5, 0.6) is 0 Å².